The van der Waals surface area contributed by atoms with Crippen LogP contribution < -0.4 is 10.6 Å². The van der Waals surface area contributed by atoms with Gasteiger partial charge in [0, 0.05) is 18.2 Å². The molecular weight excluding hydrogens is 390 g/mol. The van der Waals surface area contributed by atoms with Crippen LogP contribution in [0.2, 0.25) is 0 Å². The van der Waals surface area contributed by atoms with Gasteiger partial charge in [-0.05, 0) is 104 Å². The van der Waals surface area contributed by atoms with E-state index in [1.807, 2.05) is 0 Å². The van der Waals surface area contributed by atoms with Gasteiger partial charge in [-0.25, -0.2) is 0 Å². The first kappa shape index (κ1) is 20.9. The molecule has 0 unspecified atom stereocenters. The Labute approximate surface area is 184 Å². The zero-order valence-corrected chi connectivity index (χ0v) is 18.8. The molecule has 4 fully saturated rings. The van der Waals surface area contributed by atoms with Gasteiger partial charge in [-0.2, -0.15) is 0 Å². The molecule has 0 amide bonds. The zero-order chi connectivity index (χ0) is 21.8. The highest BCUT2D eigenvalue weighted by Gasteiger charge is 2.59. The summed E-state index contributed by atoms with van der Waals surface area (Å²) in [7, 11) is 0. The van der Waals surface area contributed by atoms with Crippen molar-refractivity contribution in [1.82, 2.24) is 0 Å². The molecule has 0 aliphatic heterocycles. The van der Waals surface area contributed by atoms with E-state index in [0.717, 1.165) is 36.3 Å². The van der Waals surface area contributed by atoms with Crippen molar-refractivity contribution in [3.8, 4) is 5.75 Å². The maximum atomic E-state index is 10.8. The van der Waals surface area contributed by atoms with E-state index in [-0.39, 0.29) is 5.69 Å². The van der Waals surface area contributed by atoms with Gasteiger partial charge in [0.15, 0.2) is 5.75 Å². The number of nitrogens with zero attached hydrogens (tertiary/aromatic N) is 2. The third kappa shape index (κ3) is 3.38. The first-order valence-corrected chi connectivity index (χ1v) is 12.0. The molecule has 6 nitrogen and oxygen atoms in total. The number of fused-ring (bicyclic) bond motifs is 5. The van der Waals surface area contributed by atoms with Crippen molar-refractivity contribution < 1.29 is 9.76 Å². The molecule has 0 aromatic heterocycles. The van der Waals surface area contributed by atoms with E-state index in [0.29, 0.717) is 28.5 Å². The summed E-state index contributed by atoms with van der Waals surface area (Å²) in [5, 5.41) is 15.3. The topological polar surface area (TPSA) is 90.8 Å². The Hall–Kier alpha value is -1.95. The van der Waals surface area contributed by atoms with Crippen LogP contribution in [-0.2, 0) is 0 Å². The SMILES string of the molecule is C[C@]12CC/C(=N\Oc3ccc([N+](=O)[O-])cc3)C[C@@H]1CC[C@@H]1[C@@H]2CC[C@]2(C)[C@@H](N)CC[C@@H]12. The summed E-state index contributed by atoms with van der Waals surface area (Å²) in [5.41, 5.74) is 8.55. The molecule has 2 N–H and O–H groups in total. The van der Waals surface area contributed by atoms with Gasteiger partial charge in [0.1, 0.15) is 0 Å². The molecule has 0 radical (unpaired) electrons. The summed E-state index contributed by atoms with van der Waals surface area (Å²) < 4.78 is 0. The first-order chi connectivity index (χ1) is 14.8. The summed E-state index contributed by atoms with van der Waals surface area (Å²) in [5.74, 6) is 3.73. The highest BCUT2D eigenvalue weighted by atomic mass is 16.6. The van der Waals surface area contributed by atoms with Crippen LogP contribution in [-0.4, -0.2) is 16.7 Å². The van der Waals surface area contributed by atoms with Crippen LogP contribution in [0, 0.1) is 44.6 Å². The third-order valence-electron chi connectivity index (χ3n) is 9.90. The quantitative estimate of drug-likeness (QED) is 0.497. The van der Waals surface area contributed by atoms with Crippen molar-refractivity contribution in [2.24, 2.45) is 45.4 Å². The summed E-state index contributed by atoms with van der Waals surface area (Å²) in [6, 6.07) is 6.55. The molecule has 0 bridgehead atoms. The first-order valence-electron chi connectivity index (χ1n) is 12.0. The van der Waals surface area contributed by atoms with Crippen molar-refractivity contribution in [2.45, 2.75) is 77.7 Å². The van der Waals surface area contributed by atoms with E-state index in [1.54, 1.807) is 12.1 Å². The van der Waals surface area contributed by atoms with Gasteiger partial charge >= 0.3 is 0 Å². The molecule has 4 aliphatic carbocycles. The summed E-state index contributed by atoms with van der Waals surface area (Å²) in [6.07, 6.45) is 11.0. The number of rotatable bonds is 3. The Bertz CT molecular complexity index is 885. The molecule has 31 heavy (non-hydrogen) atoms. The molecule has 7 atom stereocenters. The number of oxime groups is 1. The van der Waals surface area contributed by atoms with E-state index in [9.17, 15) is 10.1 Å². The molecule has 0 saturated heterocycles. The molecule has 5 rings (SSSR count). The van der Waals surface area contributed by atoms with Crippen LogP contribution in [0.15, 0.2) is 29.4 Å². The smallest absolute Gasteiger partial charge is 0.269 e. The Morgan fingerprint density at radius 3 is 2.52 bits per heavy atom. The lowest BCUT2D eigenvalue weighted by Crippen LogP contribution is -2.54. The molecule has 1 aromatic rings. The Balaban J connectivity index is 1.27. The molecule has 4 saturated carbocycles. The van der Waals surface area contributed by atoms with Crippen LogP contribution in [0.3, 0.4) is 0 Å². The van der Waals surface area contributed by atoms with Crippen molar-refractivity contribution in [1.29, 1.82) is 0 Å². The fraction of sp³-hybridized carbons (Fsp3) is 0.720. The van der Waals surface area contributed by atoms with Crippen LogP contribution in [0.1, 0.15) is 71.6 Å². The third-order valence-corrected chi connectivity index (χ3v) is 9.90. The average Bonchev–Trinajstić information content (AvgIpc) is 3.07. The van der Waals surface area contributed by atoms with Crippen LogP contribution in [0.4, 0.5) is 5.69 Å². The van der Waals surface area contributed by atoms with Gasteiger partial charge in [-0.15, -0.1) is 0 Å². The largest absolute Gasteiger partial charge is 0.357 e. The van der Waals surface area contributed by atoms with Crippen molar-refractivity contribution in [2.75, 3.05) is 0 Å². The minimum atomic E-state index is -0.402. The monoisotopic (exact) mass is 425 g/mol. The van der Waals surface area contributed by atoms with E-state index in [1.165, 1.54) is 57.1 Å². The highest BCUT2D eigenvalue weighted by molar-refractivity contribution is 5.85. The number of non-ortho nitro benzene ring substituents is 1. The normalized spacial score (nSPS) is 43.1. The number of nitro groups is 1. The lowest BCUT2D eigenvalue weighted by molar-refractivity contribution is -0.384. The van der Waals surface area contributed by atoms with E-state index in [4.69, 9.17) is 10.6 Å². The van der Waals surface area contributed by atoms with Gasteiger partial charge < -0.3 is 10.6 Å². The molecule has 0 heterocycles. The summed E-state index contributed by atoms with van der Waals surface area (Å²) >= 11 is 0. The van der Waals surface area contributed by atoms with Crippen molar-refractivity contribution in [3.05, 3.63) is 34.4 Å². The maximum absolute atomic E-state index is 10.8. The van der Waals surface area contributed by atoms with Gasteiger partial charge in [0.2, 0.25) is 0 Å². The van der Waals surface area contributed by atoms with Gasteiger partial charge in [-0.1, -0.05) is 19.0 Å². The zero-order valence-electron chi connectivity index (χ0n) is 18.8. The number of nitro benzene ring substituents is 1. The van der Waals surface area contributed by atoms with Crippen molar-refractivity contribution in [3.63, 3.8) is 0 Å². The van der Waals surface area contributed by atoms with Crippen LogP contribution in [0.25, 0.3) is 0 Å². The molecule has 168 valence electrons. The molecular formula is C25H35N3O3. The minimum Gasteiger partial charge on any atom is -0.357 e. The maximum Gasteiger partial charge on any atom is 0.269 e. The van der Waals surface area contributed by atoms with Gasteiger partial charge in [0.25, 0.3) is 5.69 Å². The lowest BCUT2D eigenvalue weighted by atomic mass is 9.45. The second-order valence-electron chi connectivity index (χ2n) is 11.1. The second-order valence-corrected chi connectivity index (χ2v) is 11.1. The van der Waals surface area contributed by atoms with Gasteiger partial charge in [-0.3, -0.25) is 10.1 Å². The minimum absolute atomic E-state index is 0.0667. The predicted molar refractivity (Wildman–Crippen MR) is 121 cm³/mol. The molecule has 0 spiro atoms. The van der Waals surface area contributed by atoms with E-state index < -0.39 is 4.92 Å². The predicted octanol–water partition coefficient (Wildman–Crippen LogP) is 5.70. The van der Waals surface area contributed by atoms with E-state index >= 15 is 0 Å². The average molecular weight is 426 g/mol. The second kappa shape index (κ2) is 7.58. The summed E-state index contributed by atoms with van der Waals surface area (Å²) in [6.45, 7) is 5.03. The number of nitrogens with two attached hydrogens (primary N) is 1. The summed E-state index contributed by atoms with van der Waals surface area (Å²) in [4.78, 5) is 16.0. The standard InChI is InChI=1S/C25H35N3O3/c1-24-13-11-17(27-31-19-6-4-18(5-7-19)28(29)30)15-16(24)3-8-20-21-9-10-23(26)25(21,2)14-12-22(20)24/h4-7,16,20-23H,3,8-15,26H2,1-2H3/b27-17+/t16-,20-,21-,22-,23-,24-,25-/m0/s1. The highest BCUT2D eigenvalue weighted by Crippen LogP contribution is 2.65. The van der Waals surface area contributed by atoms with Crippen LogP contribution >= 0.6 is 0 Å². The number of benzene rings is 1. The van der Waals surface area contributed by atoms with Gasteiger partial charge in [0.05, 0.1) is 10.6 Å². The lowest BCUT2D eigenvalue weighted by Gasteiger charge is -2.60. The fourth-order valence-electron chi connectivity index (χ4n) is 7.93. The Morgan fingerprint density at radius 2 is 1.77 bits per heavy atom. The van der Waals surface area contributed by atoms with E-state index in [2.05, 4.69) is 19.0 Å². The van der Waals surface area contributed by atoms with Crippen molar-refractivity contribution >= 4 is 11.4 Å². The number of hydrogen-bond acceptors (Lipinski definition) is 5. The Morgan fingerprint density at radius 1 is 1.03 bits per heavy atom. The molecule has 6 heteroatoms. The Kier molecular flexibility index (Phi) is 5.11. The van der Waals surface area contributed by atoms with Crippen LogP contribution in [0.5, 0.6) is 5.75 Å². The number of hydrogen-bond donors (Lipinski definition) is 1. The molecule has 4 aliphatic rings. The molecule has 1 aromatic carbocycles. The fourth-order valence-corrected chi connectivity index (χ4v) is 7.93.